The highest BCUT2D eigenvalue weighted by molar-refractivity contribution is 6.33. The van der Waals surface area contributed by atoms with Crippen molar-refractivity contribution in [3.63, 3.8) is 0 Å². The number of ketones is 1. The Balaban J connectivity index is 1.81. The average Bonchev–Trinajstić information content (AvgIpc) is 3.06. The number of nitrogens with zero attached hydrogens (tertiary/aromatic N) is 2. The predicted octanol–water partition coefficient (Wildman–Crippen LogP) is 4.86. The van der Waals surface area contributed by atoms with Gasteiger partial charge in [0.05, 0.1) is 5.69 Å². The van der Waals surface area contributed by atoms with E-state index in [1.807, 2.05) is 30.3 Å². The molecule has 0 N–H and O–H groups in total. The van der Waals surface area contributed by atoms with E-state index in [0.29, 0.717) is 22.6 Å². The van der Waals surface area contributed by atoms with Gasteiger partial charge in [0.2, 0.25) is 0 Å². The van der Waals surface area contributed by atoms with Crippen molar-refractivity contribution in [2.75, 3.05) is 4.90 Å². The SMILES string of the molecule is CC(=O)c1ccc(N2C(=O)C(=Cc3ccccc3F)N=C2c2ccccc2)cc1. The Hall–Kier alpha value is -3.86. The molecule has 0 fully saturated rings. The smallest absolute Gasteiger partial charge is 0.282 e. The van der Waals surface area contributed by atoms with Crippen LogP contribution in [0.1, 0.15) is 28.4 Å². The van der Waals surface area contributed by atoms with Gasteiger partial charge >= 0.3 is 0 Å². The number of halogens is 1. The van der Waals surface area contributed by atoms with Gasteiger partial charge < -0.3 is 0 Å². The minimum absolute atomic E-state index is 0.0543. The van der Waals surface area contributed by atoms with Crippen LogP contribution >= 0.6 is 0 Å². The van der Waals surface area contributed by atoms with Gasteiger partial charge in [0.25, 0.3) is 5.91 Å². The third-order valence-electron chi connectivity index (χ3n) is 4.62. The number of amidine groups is 1. The highest BCUT2D eigenvalue weighted by Crippen LogP contribution is 2.28. The maximum Gasteiger partial charge on any atom is 0.282 e. The number of hydrogen-bond acceptors (Lipinski definition) is 3. The lowest BCUT2D eigenvalue weighted by molar-refractivity contribution is -0.113. The number of hydrogen-bond donors (Lipinski definition) is 0. The van der Waals surface area contributed by atoms with Crippen LogP contribution in [0.15, 0.2) is 89.6 Å². The first kappa shape index (κ1) is 18.5. The molecule has 0 bridgehead atoms. The first-order valence-electron chi connectivity index (χ1n) is 9.10. The second-order valence-corrected chi connectivity index (χ2v) is 6.60. The van der Waals surface area contributed by atoms with Crippen LogP contribution in [0, 0.1) is 5.82 Å². The summed E-state index contributed by atoms with van der Waals surface area (Å²) < 4.78 is 14.1. The summed E-state index contributed by atoms with van der Waals surface area (Å²) in [6, 6.07) is 22.3. The number of aliphatic imine (C=N–C) groups is 1. The molecule has 3 aromatic carbocycles. The highest BCUT2D eigenvalue weighted by Gasteiger charge is 2.32. The summed E-state index contributed by atoms with van der Waals surface area (Å²) in [6.45, 7) is 1.49. The van der Waals surface area contributed by atoms with E-state index in [2.05, 4.69) is 4.99 Å². The van der Waals surface area contributed by atoms with Gasteiger partial charge in [-0.3, -0.25) is 14.5 Å². The Morgan fingerprint density at radius 2 is 1.59 bits per heavy atom. The first-order valence-corrected chi connectivity index (χ1v) is 9.10. The second-order valence-electron chi connectivity index (χ2n) is 6.60. The maximum absolute atomic E-state index is 14.1. The largest absolute Gasteiger partial charge is 0.295 e. The molecular weight excluding hydrogens is 367 g/mol. The summed E-state index contributed by atoms with van der Waals surface area (Å²) in [5.41, 5.74) is 2.33. The minimum atomic E-state index is -0.423. The summed E-state index contributed by atoms with van der Waals surface area (Å²) >= 11 is 0. The molecule has 29 heavy (non-hydrogen) atoms. The molecule has 5 heteroatoms. The Kier molecular flexibility index (Phi) is 4.87. The number of rotatable bonds is 4. The summed E-state index contributed by atoms with van der Waals surface area (Å²) in [5, 5.41) is 0. The van der Waals surface area contributed by atoms with Gasteiger partial charge in [0.1, 0.15) is 17.3 Å². The molecule has 0 aliphatic carbocycles. The van der Waals surface area contributed by atoms with Crippen LogP contribution in [0.4, 0.5) is 10.1 Å². The zero-order chi connectivity index (χ0) is 20.4. The van der Waals surface area contributed by atoms with E-state index in [9.17, 15) is 14.0 Å². The quantitative estimate of drug-likeness (QED) is 0.476. The van der Waals surface area contributed by atoms with Gasteiger partial charge in [-0.05, 0) is 43.3 Å². The molecule has 4 rings (SSSR count). The number of amides is 1. The molecule has 0 saturated heterocycles. The Morgan fingerprint density at radius 3 is 2.24 bits per heavy atom. The lowest BCUT2D eigenvalue weighted by Crippen LogP contribution is -2.32. The van der Waals surface area contributed by atoms with Gasteiger partial charge in [0.15, 0.2) is 5.78 Å². The van der Waals surface area contributed by atoms with E-state index in [0.717, 1.165) is 5.56 Å². The molecule has 1 heterocycles. The van der Waals surface area contributed by atoms with Gasteiger partial charge in [-0.15, -0.1) is 0 Å². The van der Waals surface area contributed by atoms with E-state index in [-0.39, 0.29) is 17.4 Å². The monoisotopic (exact) mass is 384 g/mol. The molecular formula is C24H17FN2O2. The number of benzene rings is 3. The van der Waals surface area contributed by atoms with Gasteiger partial charge in [-0.25, -0.2) is 9.38 Å². The lowest BCUT2D eigenvalue weighted by atomic mass is 10.1. The number of anilines is 1. The summed E-state index contributed by atoms with van der Waals surface area (Å²) in [7, 11) is 0. The van der Waals surface area contributed by atoms with E-state index >= 15 is 0 Å². The highest BCUT2D eigenvalue weighted by atomic mass is 19.1. The first-order chi connectivity index (χ1) is 14.0. The standard InChI is InChI=1S/C24H17FN2O2/c1-16(28)17-11-13-20(14-12-17)27-23(18-7-3-2-4-8-18)26-22(24(27)29)15-19-9-5-6-10-21(19)25/h2-15H,1H3. The van der Waals surface area contributed by atoms with Crippen molar-refractivity contribution in [2.24, 2.45) is 4.99 Å². The van der Waals surface area contributed by atoms with Gasteiger partial charge in [-0.1, -0.05) is 48.5 Å². The fourth-order valence-corrected chi connectivity index (χ4v) is 3.12. The van der Waals surface area contributed by atoms with Crippen molar-refractivity contribution in [3.8, 4) is 0 Å². The fraction of sp³-hybridized carbons (Fsp3) is 0.0417. The minimum Gasteiger partial charge on any atom is -0.295 e. The molecule has 1 aliphatic rings. The molecule has 1 aliphatic heterocycles. The molecule has 1 amide bonds. The fourth-order valence-electron chi connectivity index (χ4n) is 3.12. The van der Waals surface area contributed by atoms with Crippen LogP contribution < -0.4 is 4.90 Å². The van der Waals surface area contributed by atoms with Crippen LogP contribution in [-0.4, -0.2) is 17.5 Å². The maximum atomic E-state index is 14.1. The van der Waals surface area contributed by atoms with Crippen LogP contribution in [0.2, 0.25) is 0 Å². The zero-order valence-electron chi connectivity index (χ0n) is 15.7. The van der Waals surface area contributed by atoms with Crippen molar-refractivity contribution in [3.05, 3.63) is 107 Å². The van der Waals surface area contributed by atoms with E-state index in [1.165, 1.54) is 24.0 Å². The Morgan fingerprint density at radius 1 is 0.931 bits per heavy atom. The predicted molar refractivity (Wildman–Crippen MR) is 111 cm³/mol. The normalized spacial score (nSPS) is 15.0. The third kappa shape index (κ3) is 3.62. The second kappa shape index (κ2) is 7.64. The van der Waals surface area contributed by atoms with E-state index < -0.39 is 5.82 Å². The topological polar surface area (TPSA) is 49.7 Å². The molecule has 0 atom stereocenters. The van der Waals surface area contributed by atoms with Crippen molar-refractivity contribution < 1.29 is 14.0 Å². The molecule has 0 saturated carbocycles. The van der Waals surface area contributed by atoms with Crippen molar-refractivity contribution in [1.29, 1.82) is 0 Å². The number of carbonyl (C=O) groups is 2. The molecule has 0 aromatic heterocycles. The van der Waals surface area contributed by atoms with Crippen molar-refractivity contribution in [1.82, 2.24) is 0 Å². The van der Waals surface area contributed by atoms with E-state index in [1.54, 1.807) is 42.5 Å². The Bertz CT molecular complexity index is 1150. The third-order valence-corrected chi connectivity index (χ3v) is 4.62. The van der Waals surface area contributed by atoms with Crippen LogP contribution in [0.3, 0.4) is 0 Å². The zero-order valence-corrected chi connectivity index (χ0v) is 15.7. The molecule has 3 aromatic rings. The molecule has 142 valence electrons. The van der Waals surface area contributed by atoms with Gasteiger partial charge in [0, 0.05) is 16.7 Å². The lowest BCUT2D eigenvalue weighted by Gasteiger charge is -2.18. The summed E-state index contributed by atoms with van der Waals surface area (Å²) in [4.78, 5) is 30.7. The van der Waals surface area contributed by atoms with E-state index in [4.69, 9.17) is 0 Å². The average molecular weight is 384 g/mol. The van der Waals surface area contributed by atoms with Crippen LogP contribution in [0.25, 0.3) is 6.08 Å². The molecule has 4 nitrogen and oxygen atoms in total. The van der Waals surface area contributed by atoms with Gasteiger partial charge in [-0.2, -0.15) is 0 Å². The molecule has 0 radical (unpaired) electrons. The van der Waals surface area contributed by atoms with Crippen molar-refractivity contribution >= 4 is 29.3 Å². The van der Waals surface area contributed by atoms with Crippen molar-refractivity contribution in [2.45, 2.75) is 6.92 Å². The van der Waals surface area contributed by atoms with Crippen LogP contribution in [-0.2, 0) is 4.79 Å². The number of Topliss-reactive ketones (excluding diaryl/α,β-unsaturated/α-hetero) is 1. The van der Waals surface area contributed by atoms with Crippen LogP contribution in [0.5, 0.6) is 0 Å². The summed E-state index contributed by atoms with van der Waals surface area (Å²) in [5.74, 6) is -0.383. The molecule has 0 unspecified atom stereocenters. The number of carbonyl (C=O) groups excluding carboxylic acids is 2. The Labute approximate surface area is 167 Å². The molecule has 0 spiro atoms. The summed E-state index contributed by atoms with van der Waals surface area (Å²) in [6.07, 6.45) is 1.45.